The van der Waals surface area contributed by atoms with Gasteiger partial charge in [-0.05, 0) is 42.0 Å². The third-order valence-electron chi connectivity index (χ3n) is 5.02. The van der Waals surface area contributed by atoms with Crippen LogP contribution in [0.4, 0.5) is 10.5 Å². The molecule has 2 aromatic carbocycles. The van der Waals surface area contributed by atoms with Crippen LogP contribution in [0.25, 0.3) is 0 Å². The number of nitrogens with one attached hydrogen (secondary N) is 2. The monoisotopic (exact) mass is 420 g/mol. The predicted molar refractivity (Wildman–Crippen MR) is 113 cm³/mol. The smallest absolute Gasteiger partial charge is 0.321 e. The van der Waals surface area contributed by atoms with Crippen LogP contribution in [0, 0.1) is 0 Å². The largest absolute Gasteiger partial charge is 0.336 e. The Hall–Kier alpha value is -2.28. The highest BCUT2D eigenvalue weighted by Gasteiger charge is 2.29. The Bertz CT molecular complexity index is 860. The third kappa shape index (κ3) is 4.09. The second kappa shape index (κ2) is 8.82. The third-order valence-corrected chi connectivity index (χ3v) is 5.26. The molecule has 0 bridgehead atoms. The zero-order valence-electron chi connectivity index (χ0n) is 15.2. The Labute approximate surface area is 175 Å². The molecule has 0 spiro atoms. The second-order valence-electron chi connectivity index (χ2n) is 6.70. The average molecular weight is 421 g/mol. The van der Waals surface area contributed by atoms with Crippen molar-refractivity contribution in [3.05, 3.63) is 64.7 Å². The first-order valence-electron chi connectivity index (χ1n) is 9.06. The molecule has 2 aliphatic rings. The van der Waals surface area contributed by atoms with Crippen LogP contribution in [0.15, 0.2) is 48.5 Å². The Kier molecular flexibility index (Phi) is 6.44. The maximum Gasteiger partial charge on any atom is 0.321 e. The molecule has 2 saturated heterocycles. The van der Waals surface area contributed by atoms with E-state index in [1.165, 1.54) is 0 Å². The van der Waals surface area contributed by atoms with Crippen LogP contribution in [-0.4, -0.2) is 49.6 Å². The maximum absolute atomic E-state index is 13.1. The number of hydrogen-bond donors (Lipinski definition) is 2. The average Bonchev–Trinajstić information content (AvgIpc) is 3.13. The first kappa shape index (κ1) is 20.5. The minimum absolute atomic E-state index is 0. The molecule has 1 unspecified atom stereocenters. The highest BCUT2D eigenvalue weighted by molar-refractivity contribution is 6.30. The summed E-state index contributed by atoms with van der Waals surface area (Å²) in [7, 11) is 0. The van der Waals surface area contributed by atoms with Gasteiger partial charge in [-0.15, -0.1) is 12.4 Å². The molecule has 2 aromatic rings. The SMILES string of the molecule is Cl.O=C1NCCN1c1ccc(C(=O)N2CCNCC2c2cccc(Cl)c2)cc1. The summed E-state index contributed by atoms with van der Waals surface area (Å²) >= 11 is 6.14. The molecule has 2 aliphatic heterocycles. The Morgan fingerprint density at radius 1 is 1.07 bits per heavy atom. The fourth-order valence-electron chi connectivity index (χ4n) is 3.63. The predicted octanol–water partition coefficient (Wildman–Crippen LogP) is 3.08. The van der Waals surface area contributed by atoms with E-state index < -0.39 is 0 Å². The molecule has 2 N–H and O–H groups in total. The minimum Gasteiger partial charge on any atom is -0.336 e. The van der Waals surface area contributed by atoms with E-state index in [9.17, 15) is 9.59 Å². The van der Waals surface area contributed by atoms with Crippen LogP contribution in [0.3, 0.4) is 0 Å². The van der Waals surface area contributed by atoms with Crippen LogP contribution >= 0.6 is 24.0 Å². The normalized spacial score (nSPS) is 19.2. The minimum atomic E-state index is -0.0998. The van der Waals surface area contributed by atoms with Gasteiger partial charge in [-0.1, -0.05) is 23.7 Å². The molecule has 1 atom stereocenters. The summed E-state index contributed by atoms with van der Waals surface area (Å²) in [4.78, 5) is 28.5. The number of halogens is 2. The molecule has 4 rings (SSSR count). The summed E-state index contributed by atoms with van der Waals surface area (Å²) in [5, 5.41) is 6.80. The van der Waals surface area contributed by atoms with Crippen molar-refractivity contribution in [2.75, 3.05) is 37.6 Å². The van der Waals surface area contributed by atoms with Gasteiger partial charge in [0.1, 0.15) is 0 Å². The first-order chi connectivity index (χ1) is 13.1. The lowest BCUT2D eigenvalue weighted by molar-refractivity contribution is 0.0634. The van der Waals surface area contributed by atoms with Crippen molar-refractivity contribution >= 4 is 41.6 Å². The molecule has 0 aromatic heterocycles. The standard InChI is InChI=1S/C20H21ClN4O2.ClH/c21-16-3-1-2-15(12-16)18-13-22-8-10-25(18)19(26)14-4-6-17(7-5-14)24-11-9-23-20(24)27;/h1-7,12,18,22H,8-11,13H2,(H,23,27);1H. The van der Waals surface area contributed by atoms with E-state index in [4.69, 9.17) is 11.6 Å². The molecule has 0 aliphatic carbocycles. The van der Waals surface area contributed by atoms with Gasteiger partial charge in [-0.3, -0.25) is 9.69 Å². The van der Waals surface area contributed by atoms with Gasteiger partial charge >= 0.3 is 6.03 Å². The second-order valence-corrected chi connectivity index (χ2v) is 7.14. The van der Waals surface area contributed by atoms with Crippen molar-refractivity contribution in [1.29, 1.82) is 0 Å². The molecular formula is C20H22Cl2N4O2. The van der Waals surface area contributed by atoms with Crippen LogP contribution < -0.4 is 15.5 Å². The number of anilines is 1. The van der Waals surface area contributed by atoms with E-state index in [1.54, 1.807) is 17.0 Å². The molecule has 6 nitrogen and oxygen atoms in total. The topological polar surface area (TPSA) is 64.7 Å². The zero-order chi connectivity index (χ0) is 18.8. The molecule has 28 heavy (non-hydrogen) atoms. The van der Waals surface area contributed by atoms with Crippen molar-refractivity contribution in [3.8, 4) is 0 Å². The van der Waals surface area contributed by atoms with E-state index in [0.717, 1.165) is 17.8 Å². The van der Waals surface area contributed by atoms with Gasteiger partial charge < -0.3 is 15.5 Å². The highest BCUT2D eigenvalue weighted by Crippen LogP contribution is 2.27. The van der Waals surface area contributed by atoms with E-state index >= 15 is 0 Å². The molecule has 8 heteroatoms. The van der Waals surface area contributed by atoms with Crippen LogP contribution in [-0.2, 0) is 0 Å². The summed E-state index contributed by atoms with van der Waals surface area (Å²) in [6, 6.07) is 14.7. The lowest BCUT2D eigenvalue weighted by atomic mass is 10.0. The number of carbonyl (C=O) groups excluding carboxylic acids is 2. The number of benzene rings is 2. The fourth-order valence-corrected chi connectivity index (χ4v) is 3.83. The lowest BCUT2D eigenvalue weighted by Crippen LogP contribution is -2.48. The van der Waals surface area contributed by atoms with Crippen molar-refractivity contribution in [2.24, 2.45) is 0 Å². The van der Waals surface area contributed by atoms with Crippen molar-refractivity contribution in [2.45, 2.75) is 6.04 Å². The number of urea groups is 1. The molecule has 0 radical (unpaired) electrons. The molecule has 2 heterocycles. The van der Waals surface area contributed by atoms with Gasteiger partial charge in [0.05, 0.1) is 6.04 Å². The van der Waals surface area contributed by atoms with Gasteiger partial charge in [0.2, 0.25) is 0 Å². The number of carbonyl (C=O) groups is 2. The number of nitrogens with zero attached hydrogens (tertiary/aromatic N) is 2. The zero-order valence-corrected chi connectivity index (χ0v) is 16.8. The highest BCUT2D eigenvalue weighted by atomic mass is 35.5. The van der Waals surface area contributed by atoms with Gasteiger partial charge in [-0.25, -0.2) is 4.79 Å². The van der Waals surface area contributed by atoms with Crippen LogP contribution in [0.1, 0.15) is 22.0 Å². The summed E-state index contributed by atoms with van der Waals surface area (Å²) in [6.45, 7) is 3.36. The van der Waals surface area contributed by atoms with Crippen LogP contribution in [0.2, 0.25) is 5.02 Å². The van der Waals surface area contributed by atoms with Gasteiger partial charge in [0.25, 0.3) is 5.91 Å². The summed E-state index contributed by atoms with van der Waals surface area (Å²) < 4.78 is 0. The summed E-state index contributed by atoms with van der Waals surface area (Å²) in [5.41, 5.74) is 2.44. The van der Waals surface area contributed by atoms with Crippen molar-refractivity contribution in [3.63, 3.8) is 0 Å². The Balaban J connectivity index is 0.00000225. The maximum atomic E-state index is 13.1. The van der Waals surface area contributed by atoms with Crippen LogP contribution in [0.5, 0.6) is 0 Å². The Morgan fingerprint density at radius 2 is 1.86 bits per heavy atom. The van der Waals surface area contributed by atoms with E-state index in [2.05, 4.69) is 10.6 Å². The number of piperazine rings is 1. The van der Waals surface area contributed by atoms with E-state index in [1.807, 2.05) is 41.3 Å². The first-order valence-corrected chi connectivity index (χ1v) is 9.44. The van der Waals surface area contributed by atoms with Gasteiger partial charge in [0.15, 0.2) is 0 Å². The summed E-state index contributed by atoms with van der Waals surface area (Å²) in [6.07, 6.45) is 0. The quantitative estimate of drug-likeness (QED) is 0.801. The molecule has 3 amide bonds. The fraction of sp³-hybridized carbons (Fsp3) is 0.300. The number of amides is 3. The molecule has 2 fully saturated rings. The summed E-state index contributed by atoms with van der Waals surface area (Å²) in [5.74, 6) is -0.0149. The van der Waals surface area contributed by atoms with E-state index in [-0.39, 0.29) is 30.4 Å². The number of rotatable bonds is 3. The molecule has 148 valence electrons. The Morgan fingerprint density at radius 3 is 2.54 bits per heavy atom. The number of hydrogen-bond acceptors (Lipinski definition) is 3. The molecule has 0 saturated carbocycles. The van der Waals surface area contributed by atoms with Crippen molar-refractivity contribution < 1.29 is 9.59 Å². The van der Waals surface area contributed by atoms with Crippen molar-refractivity contribution in [1.82, 2.24) is 15.5 Å². The lowest BCUT2D eigenvalue weighted by Gasteiger charge is -2.36. The van der Waals surface area contributed by atoms with Gasteiger partial charge in [-0.2, -0.15) is 0 Å². The van der Waals surface area contributed by atoms with E-state index in [0.29, 0.717) is 36.8 Å². The van der Waals surface area contributed by atoms with Gasteiger partial charge in [0, 0.05) is 49.0 Å². The molecular weight excluding hydrogens is 399 g/mol.